The van der Waals surface area contributed by atoms with Gasteiger partial charge in [0.1, 0.15) is 11.5 Å². The van der Waals surface area contributed by atoms with Gasteiger partial charge in [0.25, 0.3) is 0 Å². The fourth-order valence-corrected chi connectivity index (χ4v) is 3.16. The Balaban J connectivity index is 1.59. The molecule has 7 heteroatoms. The summed E-state index contributed by atoms with van der Waals surface area (Å²) < 4.78 is 15.9. The first-order chi connectivity index (χ1) is 13.5. The van der Waals surface area contributed by atoms with Crippen molar-refractivity contribution in [2.75, 3.05) is 18.4 Å². The summed E-state index contributed by atoms with van der Waals surface area (Å²) in [5, 5.41) is 8.09. The number of rotatable bonds is 5. The smallest absolute Gasteiger partial charge is 0.321 e. The molecule has 3 aromatic rings. The zero-order valence-corrected chi connectivity index (χ0v) is 16.2. The molecule has 1 fully saturated rings. The minimum atomic E-state index is -0.408. The van der Waals surface area contributed by atoms with Gasteiger partial charge in [-0.3, -0.25) is 0 Å². The number of anilines is 1. The standard InChI is InChI=1S/C21H24FN5O/c1-14(2)4-5-15-10-16-13-27(25-20(16)23-12-15)19-11-17(6-7-18(19)22)24-21(28)26-8-3-9-26/h6-7,10-14H,3-5,8-9H2,1-2H3,(H,24,28). The molecule has 0 saturated carbocycles. The molecule has 2 aromatic heterocycles. The molecule has 146 valence electrons. The molecule has 3 heterocycles. The third-order valence-electron chi connectivity index (χ3n) is 5.01. The van der Waals surface area contributed by atoms with E-state index < -0.39 is 5.82 Å². The molecule has 1 aliphatic rings. The molecule has 0 radical (unpaired) electrons. The van der Waals surface area contributed by atoms with Gasteiger partial charge in [-0.1, -0.05) is 13.8 Å². The topological polar surface area (TPSA) is 63.1 Å². The van der Waals surface area contributed by atoms with Crippen molar-refractivity contribution in [1.29, 1.82) is 0 Å². The highest BCUT2D eigenvalue weighted by Gasteiger charge is 2.20. The van der Waals surface area contributed by atoms with E-state index in [0.29, 0.717) is 17.3 Å². The first kappa shape index (κ1) is 18.4. The van der Waals surface area contributed by atoms with Gasteiger partial charge in [-0.15, -0.1) is 5.10 Å². The van der Waals surface area contributed by atoms with Crippen LogP contribution in [0.3, 0.4) is 0 Å². The Morgan fingerprint density at radius 2 is 2.11 bits per heavy atom. The summed E-state index contributed by atoms with van der Waals surface area (Å²) in [6, 6.07) is 6.39. The summed E-state index contributed by atoms with van der Waals surface area (Å²) in [7, 11) is 0. The fraction of sp³-hybridized carbons (Fsp3) is 0.381. The van der Waals surface area contributed by atoms with Gasteiger partial charge in [0.15, 0.2) is 5.65 Å². The molecule has 1 saturated heterocycles. The van der Waals surface area contributed by atoms with Gasteiger partial charge in [0, 0.05) is 36.6 Å². The van der Waals surface area contributed by atoms with Crippen LogP contribution in [0.1, 0.15) is 32.3 Å². The molecular formula is C21H24FN5O. The number of aryl methyl sites for hydroxylation is 1. The number of nitrogens with one attached hydrogen (secondary N) is 1. The Kier molecular flexibility index (Phi) is 4.98. The van der Waals surface area contributed by atoms with Crippen molar-refractivity contribution in [3.63, 3.8) is 0 Å². The number of hydrogen-bond donors (Lipinski definition) is 1. The normalized spacial score (nSPS) is 13.8. The van der Waals surface area contributed by atoms with Crippen LogP contribution in [0.4, 0.5) is 14.9 Å². The lowest BCUT2D eigenvalue weighted by Crippen LogP contribution is -2.44. The number of carbonyl (C=O) groups is 1. The van der Waals surface area contributed by atoms with Crippen LogP contribution in [0.2, 0.25) is 0 Å². The highest BCUT2D eigenvalue weighted by Crippen LogP contribution is 2.22. The van der Waals surface area contributed by atoms with Gasteiger partial charge in [0.2, 0.25) is 0 Å². The maximum Gasteiger partial charge on any atom is 0.321 e. The summed E-state index contributed by atoms with van der Waals surface area (Å²) in [6.07, 6.45) is 6.68. The second-order valence-electron chi connectivity index (χ2n) is 7.70. The lowest BCUT2D eigenvalue weighted by atomic mass is 10.0. The van der Waals surface area contributed by atoms with E-state index in [2.05, 4.69) is 35.3 Å². The van der Waals surface area contributed by atoms with Crippen molar-refractivity contribution in [3.05, 3.63) is 48.0 Å². The molecule has 1 aliphatic heterocycles. The second-order valence-corrected chi connectivity index (χ2v) is 7.70. The summed E-state index contributed by atoms with van der Waals surface area (Å²) in [4.78, 5) is 18.2. The van der Waals surface area contributed by atoms with Crippen LogP contribution < -0.4 is 5.32 Å². The molecule has 28 heavy (non-hydrogen) atoms. The SMILES string of the molecule is CC(C)CCc1cnc2nn(-c3cc(NC(=O)N4CCC4)ccc3F)cc2c1. The van der Waals surface area contributed by atoms with Crippen molar-refractivity contribution in [1.82, 2.24) is 19.7 Å². The fourth-order valence-electron chi connectivity index (χ4n) is 3.16. The Morgan fingerprint density at radius 1 is 1.29 bits per heavy atom. The van der Waals surface area contributed by atoms with Crippen LogP contribution in [0.15, 0.2) is 36.7 Å². The molecule has 1 N–H and O–H groups in total. The van der Waals surface area contributed by atoms with Crippen molar-refractivity contribution < 1.29 is 9.18 Å². The number of benzene rings is 1. The van der Waals surface area contributed by atoms with Crippen LogP contribution in [-0.4, -0.2) is 38.8 Å². The number of nitrogens with zero attached hydrogens (tertiary/aromatic N) is 4. The second kappa shape index (κ2) is 7.58. The van der Waals surface area contributed by atoms with Crippen molar-refractivity contribution in [2.45, 2.75) is 33.1 Å². The number of halogens is 1. The predicted octanol–water partition coefficient (Wildman–Crippen LogP) is 4.39. The first-order valence-electron chi connectivity index (χ1n) is 9.70. The maximum absolute atomic E-state index is 14.4. The number of fused-ring (bicyclic) bond motifs is 1. The highest BCUT2D eigenvalue weighted by molar-refractivity contribution is 5.90. The molecule has 6 nitrogen and oxygen atoms in total. The van der Waals surface area contributed by atoms with Crippen LogP contribution in [-0.2, 0) is 6.42 Å². The van der Waals surface area contributed by atoms with Crippen molar-refractivity contribution in [3.8, 4) is 5.69 Å². The molecule has 0 bridgehead atoms. The van der Waals surface area contributed by atoms with Crippen LogP contribution >= 0.6 is 0 Å². The molecule has 4 rings (SSSR count). The lowest BCUT2D eigenvalue weighted by Gasteiger charge is -2.30. The molecule has 0 atom stereocenters. The van der Waals surface area contributed by atoms with E-state index >= 15 is 0 Å². The zero-order valence-electron chi connectivity index (χ0n) is 16.2. The number of aromatic nitrogens is 3. The number of urea groups is 1. The van der Waals surface area contributed by atoms with Crippen LogP contribution in [0, 0.1) is 11.7 Å². The molecule has 0 spiro atoms. The summed E-state index contributed by atoms with van der Waals surface area (Å²) >= 11 is 0. The average molecular weight is 381 g/mol. The van der Waals surface area contributed by atoms with E-state index in [9.17, 15) is 9.18 Å². The molecular weight excluding hydrogens is 357 g/mol. The molecule has 0 aliphatic carbocycles. The van der Waals surface area contributed by atoms with Crippen molar-refractivity contribution >= 4 is 22.8 Å². The Morgan fingerprint density at radius 3 is 2.82 bits per heavy atom. The van der Waals surface area contributed by atoms with Crippen molar-refractivity contribution in [2.24, 2.45) is 5.92 Å². The number of carbonyl (C=O) groups excluding carboxylic acids is 1. The number of hydrogen-bond acceptors (Lipinski definition) is 3. The highest BCUT2D eigenvalue weighted by atomic mass is 19.1. The molecule has 1 aromatic carbocycles. The largest absolute Gasteiger partial charge is 0.324 e. The summed E-state index contributed by atoms with van der Waals surface area (Å²) in [5.74, 6) is 0.219. The number of likely N-dealkylation sites (tertiary alicyclic amines) is 1. The third-order valence-corrected chi connectivity index (χ3v) is 5.01. The van der Waals surface area contributed by atoms with Gasteiger partial charge in [-0.25, -0.2) is 18.9 Å². The Hall–Kier alpha value is -2.96. The molecule has 2 amide bonds. The van der Waals surface area contributed by atoms with E-state index in [0.717, 1.165) is 43.3 Å². The third kappa shape index (κ3) is 3.83. The minimum Gasteiger partial charge on any atom is -0.324 e. The lowest BCUT2D eigenvalue weighted by molar-refractivity contribution is 0.181. The maximum atomic E-state index is 14.4. The van der Waals surface area contributed by atoms with Crippen LogP contribution in [0.5, 0.6) is 0 Å². The van der Waals surface area contributed by atoms with E-state index in [1.165, 1.54) is 10.7 Å². The average Bonchev–Trinajstić information content (AvgIpc) is 3.03. The summed E-state index contributed by atoms with van der Waals surface area (Å²) in [5.41, 5.74) is 2.54. The monoisotopic (exact) mass is 381 g/mol. The van der Waals surface area contributed by atoms with E-state index in [1.54, 1.807) is 23.2 Å². The number of amides is 2. The Labute approximate surface area is 163 Å². The van der Waals surface area contributed by atoms with Gasteiger partial charge in [-0.05, 0) is 55.0 Å². The van der Waals surface area contributed by atoms with Gasteiger partial charge in [0.05, 0.1) is 0 Å². The Bertz CT molecular complexity index is 1010. The van der Waals surface area contributed by atoms with Crippen LogP contribution in [0.25, 0.3) is 16.7 Å². The van der Waals surface area contributed by atoms with E-state index in [-0.39, 0.29) is 11.7 Å². The van der Waals surface area contributed by atoms with E-state index in [1.807, 2.05) is 6.20 Å². The number of pyridine rings is 1. The first-order valence-corrected chi connectivity index (χ1v) is 9.70. The predicted molar refractivity (Wildman–Crippen MR) is 107 cm³/mol. The minimum absolute atomic E-state index is 0.161. The quantitative estimate of drug-likeness (QED) is 0.713. The van der Waals surface area contributed by atoms with Gasteiger partial charge >= 0.3 is 6.03 Å². The zero-order chi connectivity index (χ0) is 19.7. The van der Waals surface area contributed by atoms with Gasteiger partial charge < -0.3 is 10.2 Å². The van der Waals surface area contributed by atoms with E-state index in [4.69, 9.17) is 0 Å². The molecule has 0 unspecified atom stereocenters. The summed E-state index contributed by atoms with van der Waals surface area (Å²) in [6.45, 7) is 5.91. The van der Waals surface area contributed by atoms with Gasteiger partial charge in [-0.2, -0.15) is 0 Å².